The summed E-state index contributed by atoms with van der Waals surface area (Å²) >= 11 is 0. The van der Waals surface area contributed by atoms with Crippen LogP contribution in [0.25, 0.3) is 0 Å². The normalized spacial score (nSPS) is 19.7. The van der Waals surface area contributed by atoms with Gasteiger partial charge < -0.3 is 10.1 Å². The molecule has 5 nitrogen and oxygen atoms in total. The fourth-order valence-corrected chi connectivity index (χ4v) is 2.48. The molecule has 1 heterocycles. The molecular weight excluding hydrogens is 278 g/mol. The predicted octanol–water partition coefficient (Wildman–Crippen LogP) is 1.73. The van der Waals surface area contributed by atoms with Crippen molar-refractivity contribution in [1.82, 2.24) is 0 Å². The van der Waals surface area contributed by atoms with E-state index in [9.17, 15) is 13.2 Å². The van der Waals surface area contributed by atoms with Crippen molar-refractivity contribution in [3.8, 4) is 0 Å². The topological polar surface area (TPSA) is 72.5 Å². The Bertz CT molecular complexity index is 535. The van der Waals surface area contributed by atoms with E-state index < -0.39 is 15.2 Å². The van der Waals surface area contributed by atoms with Gasteiger partial charge in [-0.3, -0.25) is 4.79 Å². The molecule has 1 N–H and O–H groups in total. The van der Waals surface area contributed by atoms with Gasteiger partial charge in [0.05, 0.1) is 4.90 Å². The first-order valence-corrected chi connectivity index (χ1v) is 7.75. The highest BCUT2D eigenvalue weighted by atomic mass is 35.7. The molecule has 0 spiro atoms. The van der Waals surface area contributed by atoms with Crippen molar-refractivity contribution in [2.45, 2.75) is 23.8 Å². The van der Waals surface area contributed by atoms with E-state index in [1.54, 1.807) is 0 Å². The van der Waals surface area contributed by atoms with Crippen LogP contribution in [0.5, 0.6) is 0 Å². The maximum Gasteiger partial charge on any atom is 0.261 e. The van der Waals surface area contributed by atoms with Gasteiger partial charge in [0.2, 0.25) is 0 Å². The van der Waals surface area contributed by atoms with Gasteiger partial charge in [0.1, 0.15) is 6.10 Å². The second kappa shape index (κ2) is 5.26. The van der Waals surface area contributed by atoms with Crippen LogP contribution in [0.15, 0.2) is 29.2 Å². The summed E-state index contributed by atoms with van der Waals surface area (Å²) in [4.78, 5) is 11.7. The first-order valence-electron chi connectivity index (χ1n) is 5.44. The molecule has 1 atom stereocenters. The molecule has 1 saturated heterocycles. The monoisotopic (exact) mass is 289 g/mol. The molecular formula is C11H12ClNO4S. The molecule has 98 valence electrons. The van der Waals surface area contributed by atoms with E-state index in [1.807, 2.05) is 0 Å². The zero-order valence-corrected chi connectivity index (χ0v) is 11.0. The number of benzene rings is 1. The third kappa shape index (κ3) is 3.22. The largest absolute Gasteiger partial charge is 0.368 e. The van der Waals surface area contributed by atoms with Gasteiger partial charge in [-0.25, -0.2) is 8.42 Å². The highest BCUT2D eigenvalue weighted by Crippen LogP contribution is 2.19. The molecule has 1 unspecified atom stereocenters. The van der Waals surface area contributed by atoms with Crippen LogP contribution in [-0.2, 0) is 18.6 Å². The highest BCUT2D eigenvalue weighted by molar-refractivity contribution is 8.13. The highest BCUT2D eigenvalue weighted by Gasteiger charge is 2.23. The lowest BCUT2D eigenvalue weighted by molar-refractivity contribution is -0.124. The van der Waals surface area contributed by atoms with Crippen LogP contribution in [0, 0.1) is 0 Å². The Kier molecular flexibility index (Phi) is 3.89. The van der Waals surface area contributed by atoms with Gasteiger partial charge >= 0.3 is 0 Å². The fourth-order valence-electron chi connectivity index (χ4n) is 1.71. The zero-order valence-electron chi connectivity index (χ0n) is 9.43. The van der Waals surface area contributed by atoms with Crippen LogP contribution in [0.1, 0.15) is 12.8 Å². The van der Waals surface area contributed by atoms with Crippen LogP contribution < -0.4 is 5.32 Å². The number of halogens is 1. The lowest BCUT2D eigenvalue weighted by Gasteiger charge is -2.10. The van der Waals surface area contributed by atoms with Gasteiger partial charge in [0.25, 0.3) is 15.0 Å². The summed E-state index contributed by atoms with van der Waals surface area (Å²) < 4.78 is 27.3. The Morgan fingerprint density at radius 2 is 2.00 bits per heavy atom. The number of carbonyl (C=O) groups is 1. The number of hydrogen-bond donors (Lipinski definition) is 1. The molecule has 1 aromatic rings. The molecule has 1 aromatic carbocycles. The first-order chi connectivity index (χ1) is 8.47. The predicted molar refractivity (Wildman–Crippen MR) is 67.1 cm³/mol. The average molecular weight is 290 g/mol. The van der Waals surface area contributed by atoms with Crippen molar-refractivity contribution in [2.75, 3.05) is 11.9 Å². The van der Waals surface area contributed by atoms with Crippen LogP contribution in [0.4, 0.5) is 5.69 Å². The summed E-state index contributed by atoms with van der Waals surface area (Å²) in [5.74, 6) is -0.214. The van der Waals surface area contributed by atoms with E-state index in [2.05, 4.69) is 5.32 Å². The minimum atomic E-state index is -3.73. The third-order valence-corrected chi connectivity index (χ3v) is 4.00. The molecule has 1 aliphatic rings. The molecule has 0 radical (unpaired) electrons. The van der Waals surface area contributed by atoms with Crippen molar-refractivity contribution < 1.29 is 17.9 Å². The summed E-state index contributed by atoms with van der Waals surface area (Å²) in [7, 11) is 1.46. The number of rotatable bonds is 3. The van der Waals surface area contributed by atoms with Gasteiger partial charge in [-0.2, -0.15) is 0 Å². The first kappa shape index (κ1) is 13.3. The molecule has 0 saturated carbocycles. The van der Waals surface area contributed by atoms with Gasteiger partial charge in [-0.05, 0) is 37.1 Å². The van der Waals surface area contributed by atoms with Gasteiger partial charge in [0.15, 0.2) is 0 Å². The quantitative estimate of drug-likeness (QED) is 0.860. The average Bonchev–Trinajstić information content (AvgIpc) is 2.82. The van der Waals surface area contributed by atoms with Crippen LogP contribution in [0.3, 0.4) is 0 Å². The minimum Gasteiger partial charge on any atom is -0.368 e. The molecule has 0 aromatic heterocycles. The van der Waals surface area contributed by atoms with E-state index in [-0.39, 0.29) is 10.8 Å². The Hall–Kier alpha value is -1.11. The molecule has 1 fully saturated rings. The van der Waals surface area contributed by atoms with Crippen molar-refractivity contribution in [3.63, 3.8) is 0 Å². The summed E-state index contributed by atoms with van der Waals surface area (Å²) in [6, 6.07) is 5.66. The number of amides is 1. The molecule has 18 heavy (non-hydrogen) atoms. The molecule has 7 heteroatoms. The van der Waals surface area contributed by atoms with E-state index in [0.29, 0.717) is 18.7 Å². The summed E-state index contributed by atoms with van der Waals surface area (Å²) in [5.41, 5.74) is 0.513. The minimum absolute atomic E-state index is 0.000665. The lowest BCUT2D eigenvalue weighted by atomic mass is 10.2. The van der Waals surface area contributed by atoms with Crippen molar-refractivity contribution in [3.05, 3.63) is 24.3 Å². The Morgan fingerprint density at radius 3 is 2.50 bits per heavy atom. The standard InChI is InChI=1S/C11H12ClNO4S/c12-18(15,16)9-5-3-8(4-6-9)13-11(14)10-2-1-7-17-10/h3-6,10H,1-2,7H2,(H,13,14). The van der Waals surface area contributed by atoms with Crippen LogP contribution in [-0.4, -0.2) is 27.0 Å². The molecule has 1 amide bonds. The zero-order chi connectivity index (χ0) is 13.2. The molecule has 0 aliphatic carbocycles. The smallest absolute Gasteiger partial charge is 0.261 e. The number of hydrogen-bond acceptors (Lipinski definition) is 4. The number of nitrogens with one attached hydrogen (secondary N) is 1. The van der Waals surface area contributed by atoms with Crippen molar-refractivity contribution in [2.24, 2.45) is 0 Å². The maximum absolute atomic E-state index is 11.7. The Balaban J connectivity index is 2.04. The second-order valence-electron chi connectivity index (χ2n) is 3.95. The van der Waals surface area contributed by atoms with E-state index >= 15 is 0 Å². The van der Waals surface area contributed by atoms with E-state index in [4.69, 9.17) is 15.4 Å². The van der Waals surface area contributed by atoms with Gasteiger partial charge in [0, 0.05) is 23.0 Å². The van der Waals surface area contributed by atoms with E-state index in [0.717, 1.165) is 6.42 Å². The third-order valence-electron chi connectivity index (χ3n) is 2.63. The van der Waals surface area contributed by atoms with Crippen LogP contribution in [0.2, 0.25) is 0 Å². The number of carbonyl (C=O) groups excluding carboxylic acids is 1. The lowest BCUT2D eigenvalue weighted by Crippen LogP contribution is -2.26. The Morgan fingerprint density at radius 1 is 1.33 bits per heavy atom. The molecule has 2 rings (SSSR count). The molecule has 0 bridgehead atoms. The Labute approximate surface area is 110 Å². The molecule has 1 aliphatic heterocycles. The number of ether oxygens (including phenoxy) is 1. The fraction of sp³-hybridized carbons (Fsp3) is 0.364. The van der Waals surface area contributed by atoms with Crippen molar-refractivity contribution in [1.29, 1.82) is 0 Å². The summed E-state index contributed by atoms with van der Waals surface area (Å²) in [6.07, 6.45) is 1.17. The van der Waals surface area contributed by atoms with Gasteiger partial charge in [-0.1, -0.05) is 0 Å². The van der Waals surface area contributed by atoms with Crippen LogP contribution >= 0.6 is 10.7 Å². The van der Waals surface area contributed by atoms with E-state index in [1.165, 1.54) is 24.3 Å². The summed E-state index contributed by atoms with van der Waals surface area (Å²) in [5, 5.41) is 2.66. The van der Waals surface area contributed by atoms with Gasteiger partial charge in [-0.15, -0.1) is 0 Å². The SMILES string of the molecule is O=C(Nc1ccc(S(=O)(=O)Cl)cc1)C1CCCO1. The van der Waals surface area contributed by atoms with Crippen molar-refractivity contribution >= 4 is 31.3 Å². The maximum atomic E-state index is 11.7. The summed E-state index contributed by atoms with van der Waals surface area (Å²) in [6.45, 7) is 0.599. The number of anilines is 1. The second-order valence-corrected chi connectivity index (χ2v) is 6.52.